The summed E-state index contributed by atoms with van der Waals surface area (Å²) in [6, 6.07) is 21.8. The van der Waals surface area contributed by atoms with Crippen LogP contribution in [0.1, 0.15) is 22.3 Å². The van der Waals surface area contributed by atoms with Crippen molar-refractivity contribution < 1.29 is 25.8 Å². The Balaban J connectivity index is 0.000000160. The van der Waals surface area contributed by atoms with Crippen molar-refractivity contribution >= 4 is 21.5 Å². The van der Waals surface area contributed by atoms with Gasteiger partial charge in [0.1, 0.15) is 0 Å². The van der Waals surface area contributed by atoms with Crippen LogP contribution in [0.15, 0.2) is 60.7 Å². The minimum atomic E-state index is 0. The monoisotopic (exact) mass is 466 g/mol. The standard InChI is InChI=1S/2C11H11.Hf/c2*1-8-6-10-5-3-4-9(2)11(10)7-8;/h2*3-7H,1-2H3;/q2*-1;. The summed E-state index contributed by atoms with van der Waals surface area (Å²) in [6.07, 6.45) is 0. The maximum atomic E-state index is 2.24. The fourth-order valence-corrected chi connectivity index (χ4v) is 3.08. The van der Waals surface area contributed by atoms with Crippen LogP contribution in [0.4, 0.5) is 0 Å². The molecule has 0 spiro atoms. The van der Waals surface area contributed by atoms with Gasteiger partial charge in [-0.1, -0.05) is 37.1 Å². The molecule has 23 heavy (non-hydrogen) atoms. The molecule has 0 nitrogen and oxygen atoms in total. The van der Waals surface area contributed by atoms with Crippen molar-refractivity contribution in [3.63, 3.8) is 0 Å². The molecule has 0 heterocycles. The molecule has 0 fully saturated rings. The third kappa shape index (κ3) is 3.90. The second-order valence-electron chi connectivity index (χ2n) is 6.22. The average molecular weight is 465 g/mol. The molecule has 0 radical (unpaired) electrons. The Kier molecular flexibility index (Phi) is 5.75. The van der Waals surface area contributed by atoms with Crippen LogP contribution in [-0.2, 0) is 25.8 Å². The van der Waals surface area contributed by atoms with Crippen molar-refractivity contribution in [2.24, 2.45) is 0 Å². The molecule has 0 aliphatic rings. The number of rotatable bonds is 0. The van der Waals surface area contributed by atoms with Gasteiger partial charge in [0.15, 0.2) is 0 Å². The number of fused-ring (bicyclic) bond motifs is 2. The average Bonchev–Trinajstić information content (AvgIpc) is 3.03. The van der Waals surface area contributed by atoms with E-state index in [1.165, 1.54) is 43.8 Å². The van der Waals surface area contributed by atoms with Gasteiger partial charge in [0.25, 0.3) is 0 Å². The molecular weight excluding hydrogens is 443 g/mol. The molecule has 4 rings (SSSR count). The van der Waals surface area contributed by atoms with Gasteiger partial charge in [0, 0.05) is 25.8 Å². The normalized spacial score (nSPS) is 10.3. The van der Waals surface area contributed by atoms with Crippen molar-refractivity contribution in [3.05, 3.63) is 82.9 Å². The van der Waals surface area contributed by atoms with E-state index in [0.717, 1.165) is 0 Å². The maximum absolute atomic E-state index is 2.24. The molecule has 0 bridgehead atoms. The molecule has 0 N–H and O–H groups in total. The smallest absolute Gasteiger partial charge is 0 e. The Hall–Kier alpha value is -1.47. The Morgan fingerprint density at radius 2 is 1.00 bits per heavy atom. The first kappa shape index (κ1) is 17.9. The van der Waals surface area contributed by atoms with Crippen LogP contribution in [0, 0.1) is 27.7 Å². The Morgan fingerprint density at radius 3 is 1.35 bits per heavy atom. The Labute approximate surface area is 157 Å². The number of hydrogen-bond donors (Lipinski definition) is 0. The van der Waals surface area contributed by atoms with Crippen molar-refractivity contribution in [3.8, 4) is 0 Å². The van der Waals surface area contributed by atoms with Gasteiger partial charge in [-0.25, -0.2) is 0 Å². The summed E-state index contributed by atoms with van der Waals surface area (Å²) < 4.78 is 0. The Bertz CT molecular complexity index is 844. The summed E-state index contributed by atoms with van der Waals surface area (Å²) in [5, 5.41) is 5.51. The third-order valence-corrected chi connectivity index (χ3v) is 4.23. The topological polar surface area (TPSA) is 0 Å². The Morgan fingerprint density at radius 1 is 0.609 bits per heavy atom. The predicted molar refractivity (Wildman–Crippen MR) is 98.0 cm³/mol. The van der Waals surface area contributed by atoms with E-state index in [9.17, 15) is 0 Å². The van der Waals surface area contributed by atoms with Gasteiger partial charge in [-0.05, 0) is 13.8 Å². The molecule has 0 saturated carbocycles. The van der Waals surface area contributed by atoms with Crippen LogP contribution in [0.25, 0.3) is 21.5 Å². The summed E-state index contributed by atoms with van der Waals surface area (Å²) in [6.45, 7) is 8.59. The van der Waals surface area contributed by atoms with Crippen molar-refractivity contribution in [1.82, 2.24) is 0 Å². The number of aryl methyl sites for hydroxylation is 4. The zero-order chi connectivity index (χ0) is 15.7. The molecule has 0 atom stereocenters. The van der Waals surface area contributed by atoms with Gasteiger partial charge in [-0.15, -0.1) is 69.1 Å². The van der Waals surface area contributed by atoms with Crippen LogP contribution in [0.5, 0.6) is 0 Å². The van der Waals surface area contributed by atoms with E-state index < -0.39 is 0 Å². The first-order valence-corrected chi connectivity index (χ1v) is 7.80. The van der Waals surface area contributed by atoms with E-state index in [-0.39, 0.29) is 25.8 Å². The fourth-order valence-electron chi connectivity index (χ4n) is 3.08. The van der Waals surface area contributed by atoms with Gasteiger partial charge in [-0.3, -0.25) is 0 Å². The molecule has 0 aromatic heterocycles. The van der Waals surface area contributed by atoms with E-state index in [1.54, 1.807) is 0 Å². The number of hydrogen-bond acceptors (Lipinski definition) is 0. The second-order valence-corrected chi connectivity index (χ2v) is 6.22. The summed E-state index contributed by atoms with van der Waals surface area (Å²) >= 11 is 0. The van der Waals surface area contributed by atoms with Crippen molar-refractivity contribution in [2.45, 2.75) is 27.7 Å². The van der Waals surface area contributed by atoms with E-state index >= 15 is 0 Å². The molecule has 4 aromatic rings. The van der Waals surface area contributed by atoms with Gasteiger partial charge in [0.05, 0.1) is 0 Å². The summed E-state index contributed by atoms with van der Waals surface area (Å²) in [7, 11) is 0. The first-order valence-electron chi connectivity index (χ1n) is 7.80. The first-order chi connectivity index (χ1) is 10.5. The SMILES string of the molecule is Cc1cc2c(C)cccc2[cH-]1.Cc1cc2c(C)cccc2[cH-]1.[Hf]. The van der Waals surface area contributed by atoms with E-state index in [0.29, 0.717) is 0 Å². The molecular formula is C22H22Hf-2. The molecule has 0 amide bonds. The zero-order valence-corrected chi connectivity index (χ0v) is 17.9. The number of benzene rings is 2. The van der Waals surface area contributed by atoms with E-state index in [2.05, 4.69) is 88.4 Å². The molecule has 4 aromatic carbocycles. The molecule has 0 unspecified atom stereocenters. The molecule has 116 valence electrons. The quantitative estimate of drug-likeness (QED) is 0.210. The van der Waals surface area contributed by atoms with Crippen molar-refractivity contribution in [1.29, 1.82) is 0 Å². The van der Waals surface area contributed by atoms with E-state index in [1.807, 2.05) is 0 Å². The van der Waals surface area contributed by atoms with Crippen LogP contribution < -0.4 is 0 Å². The summed E-state index contributed by atoms with van der Waals surface area (Å²) in [5.41, 5.74) is 5.45. The van der Waals surface area contributed by atoms with Crippen molar-refractivity contribution in [2.75, 3.05) is 0 Å². The second kappa shape index (κ2) is 7.40. The largest absolute Gasteiger partial charge is 0.165 e. The van der Waals surface area contributed by atoms with Gasteiger partial charge in [-0.2, -0.15) is 12.1 Å². The minimum absolute atomic E-state index is 0. The zero-order valence-electron chi connectivity index (χ0n) is 14.3. The van der Waals surface area contributed by atoms with Gasteiger partial charge < -0.3 is 0 Å². The fraction of sp³-hybridized carbons (Fsp3) is 0.182. The summed E-state index contributed by atoms with van der Waals surface area (Å²) in [4.78, 5) is 0. The molecule has 1 heteroatoms. The molecule has 0 aliphatic carbocycles. The van der Waals surface area contributed by atoms with Crippen LogP contribution >= 0.6 is 0 Å². The third-order valence-electron chi connectivity index (χ3n) is 4.23. The van der Waals surface area contributed by atoms with Gasteiger partial charge in [0.2, 0.25) is 0 Å². The predicted octanol–water partition coefficient (Wildman–Crippen LogP) is 6.35. The van der Waals surface area contributed by atoms with Crippen LogP contribution in [0.3, 0.4) is 0 Å². The van der Waals surface area contributed by atoms with E-state index in [4.69, 9.17) is 0 Å². The van der Waals surface area contributed by atoms with Crippen LogP contribution in [0.2, 0.25) is 0 Å². The molecule has 0 saturated heterocycles. The summed E-state index contributed by atoms with van der Waals surface area (Å²) in [5.74, 6) is 0. The van der Waals surface area contributed by atoms with Crippen LogP contribution in [-0.4, -0.2) is 0 Å². The minimum Gasteiger partial charge on any atom is -0.165 e. The van der Waals surface area contributed by atoms with Gasteiger partial charge >= 0.3 is 0 Å². The molecule has 0 aliphatic heterocycles. The maximum Gasteiger partial charge on any atom is 0 e.